The number of hydrogen-bond donors (Lipinski definition) is 1. The summed E-state index contributed by atoms with van der Waals surface area (Å²) in [5.41, 5.74) is 1.72. The minimum Gasteiger partial charge on any atom is -0.494 e. The lowest BCUT2D eigenvalue weighted by atomic mass is 10.1. The number of benzene rings is 1. The van der Waals surface area contributed by atoms with Crippen LogP contribution in [0.4, 0.5) is 4.39 Å². The first kappa shape index (κ1) is 14.6. The average molecular weight is 303 g/mol. The highest BCUT2D eigenvalue weighted by atomic mass is 19.1. The van der Waals surface area contributed by atoms with Crippen LogP contribution in [0.15, 0.2) is 30.5 Å². The SMILES string of the molecule is COc1ccc(CC(=O)N2CCC(c3ccn[nH]3)C2)cc1F. The van der Waals surface area contributed by atoms with Gasteiger partial charge in [0.05, 0.1) is 13.5 Å². The molecule has 1 N–H and O–H groups in total. The summed E-state index contributed by atoms with van der Waals surface area (Å²) in [6.07, 6.45) is 2.85. The van der Waals surface area contributed by atoms with Crippen LogP contribution in [0.1, 0.15) is 23.6 Å². The predicted octanol–water partition coefficient (Wildman–Crippen LogP) is 2.12. The van der Waals surface area contributed by atoms with Gasteiger partial charge >= 0.3 is 0 Å². The van der Waals surface area contributed by atoms with Gasteiger partial charge in [-0.3, -0.25) is 9.89 Å². The number of ether oxygens (including phenoxy) is 1. The number of aromatic nitrogens is 2. The lowest BCUT2D eigenvalue weighted by molar-refractivity contribution is -0.129. The van der Waals surface area contributed by atoms with E-state index in [1.807, 2.05) is 11.0 Å². The van der Waals surface area contributed by atoms with Crippen molar-refractivity contribution in [2.45, 2.75) is 18.8 Å². The third-order valence-corrected chi connectivity index (χ3v) is 4.07. The smallest absolute Gasteiger partial charge is 0.227 e. The quantitative estimate of drug-likeness (QED) is 0.941. The molecule has 0 spiro atoms. The van der Waals surface area contributed by atoms with Crippen molar-refractivity contribution in [2.75, 3.05) is 20.2 Å². The zero-order valence-electron chi connectivity index (χ0n) is 12.4. The van der Waals surface area contributed by atoms with Crippen molar-refractivity contribution in [3.05, 3.63) is 47.5 Å². The fourth-order valence-corrected chi connectivity index (χ4v) is 2.84. The summed E-state index contributed by atoms with van der Waals surface area (Å²) in [6, 6.07) is 6.58. The average Bonchev–Trinajstić information content (AvgIpc) is 3.18. The van der Waals surface area contributed by atoms with Gasteiger partial charge in [0.2, 0.25) is 5.91 Å². The van der Waals surface area contributed by atoms with Crippen LogP contribution in [-0.2, 0) is 11.2 Å². The fourth-order valence-electron chi connectivity index (χ4n) is 2.84. The second-order valence-corrected chi connectivity index (χ2v) is 5.48. The monoisotopic (exact) mass is 303 g/mol. The first-order chi connectivity index (χ1) is 10.7. The molecule has 1 atom stereocenters. The molecule has 1 unspecified atom stereocenters. The van der Waals surface area contributed by atoms with Crippen molar-refractivity contribution in [1.29, 1.82) is 0 Å². The molecule has 5 nitrogen and oxygen atoms in total. The van der Waals surface area contributed by atoms with Crippen molar-refractivity contribution in [2.24, 2.45) is 0 Å². The van der Waals surface area contributed by atoms with Gasteiger partial charge in [-0.1, -0.05) is 6.07 Å². The lowest BCUT2D eigenvalue weighted by Crippen LogP contribution is -2.29. The van der Waals surface area contributed by atoms with Crippen LogP contribution in [0, 0.1) is 5.82 Å². The summed E-state index contributed by atoms with van der Waals surface area (Å²) in [4.78, 5) is 14.2. The van der Waals surface area contributed by atoms with Crippen molar-refractivity contribution < 1.29 is 13.9 Å². The van der Waals surface area contributed by atoms with E-state index in [1.54, 1.807) is 18.3 Å². The van der Waals surface area contributed by atoms with E-state index in [2.05, 4.69) is 10.2 Å². The zero-order chi connectivity index (χ0) is 15.5. The Bertz CT molecular complexity index is 657. The van der Waals surface area contributed by atoms with Gasteiger partial charge in [0, 0.05) is 30.9 Å². The van der Waals surface area contributed by atoms with Crippen LogP contribution >= 0.6 is 0 Å². The number of halogens is 1. The highest BCUT2D eigenvalue weighted by Crippen LogP contribution is 2.26. The molecule has 1 saturated heterocycles. The van der Waals surface area contributed by atoms with Crippen LogP contribution in [0.5, 0.6) is 5.75 Å². The van der Waals surface area contributed by atoms with Crippen LogP contribution in [-0.4, -0.2) is 41.2 Å². The van der Waals surface area contributed by atoms with Gasteiger partial charge < -0.3 is 9.64 Å². The van der Waals surface area contributed by atoms with E-state index in [4.69, 9.17) is 4.74 Å². The van der Waals surface area contributed by atoms with E-state index in [-0.39, 0.29) is 18.1 Å². The summed E-state index contributed by atoms with van der Waals surface area (Å²) in [5, 5.41) is 6.91. The molecule has 116 valence electrons. The molecular weight excluding hydrogens is 285 g/mol. The molecule has 0 bridgehead atoms. The molecule has 3 rings (SSSR count). The fraction of sp³-hybridized carbons (Fsp3) is 0.375. The molecule has 2 aromatic rings. The number of carbonyl (C=O) groups excluding carboxylic acids is 1. The van der Waals surface area contributed by atoms with Crippen LogP contribution in [0.25, 0.3) is 0 Å². The maximum Gasteiger partial charge on any atom is 0.227 e. The molecular formula is C16H18FN3O2. The van der Waals surface area contributed by atoms with Gasteiger partial charge in [-0.15, -0.1) is 0 Å². The van der Waals surface area contributed by atoms with Crippen LogP contribution < -0.4 is 4.74 Å². The second kappa shape index (κ2) is 6.17. The molecule has 6 heteroatoms. The topological polar surface area (TPSA) is 58.2 Å². The predicted molar refractivity (Wildman–Crippen MR) is 79.2 cm³/mol. The first-order valence-electron chi connectivity index (χ1n) is 7.27. The third-order valence-electron chi connectivity index (χ3n) is 4.07. The standard InChI is InChI=1S/C16H18FN3O2/c1-22-15-3-2-11(8-13(15)17)9-16(21)20-7-5-12(10-20)14-4-6-18-19-14/h2-4,6,8,12H,5,7,9-10H2,1H3,(H,18,19). The minimum atomic E-state index is -0.440. The van der Waals surface area contributed by atoms with E-state index in [0.29, 0.717) is 18.0 Å². The highest BCUT2D eigenvalue weighted by molar-refractivity contribution is 5.79. The van der Waals surface area contributed by atoms with Gasteiger partial charge in [-0.05, 0) is 30.2 Å². The molecule has 0 radical (unpaired) electrons. The van der Waals surface area contributed by atoms with E-state index in [0.717, 1.165) is 18.7 Å². The van der Waals surface area contributed by atoms with Gasteiger partial charge in [0.15, 0.2) is 11.6 Å². The Morgan fingerprint density at radius 1 is 1.50 bits per heavy atom. The number of hydrogen-bond acceptors (Lipinski definition) is 3. The number of methoxy groups -OCH3 is 1. The molecule has 1 aromatic heterocycles. The number of carbonyl (C=O) groups is 1. The van der Waals surface area contributed by atoms with E-state index in [1.165, 1.54) is 13.2 Å². The first-order valence-corrected chi connectivity index (χ1v) is 7.27. The number of nitrogens with one attached hydrogen (secondary N) is 1. The van der Waals surface area contributed by atoms with Crippen molar-refractivity contribution >= 4 is 5.91 Å². The Labute approximate surface area is 128 Å². The molecule has 22 heavy (non-hydrogen) atoms. The Hall–Kier alpha value is -2.37. The second-order valence-electron chi connectivity index (χ2n) is 5.48. The molecule has 1 aromatic carbocycles. The maximum absolute atomic E-state index is 13.7. The van der Waals surface area contributed by atoms with E-state index < -0.39 is 5.82 Å². The summed E-state index contributed by atoms with van der Waals surface area (Å²) >= 11 is 0. The van der Waals surface area contributed by atoms with Gasteiger partial charge in [0.25, 0.3) is 0 Å². The zero-order valence-corrected chi connectivity index (χ0v) is 12.4. The Morgan fingerprint density at radius 3 is 3.05 bits per heavy atom. The molecule has 0 saturated carbocycles. The number of H-pyrrole nitrogens is 1. The minimum absolute atomic E-state index is 0.0200. The van der Waals surface area contributed by atoms with Gasteiger partial charge in [-0.25, -0.2) is 4.39 Å². The van der Waals surface area contributed by atoms with Gasteiger partial charge in [-0.2, -0.15) is 5.10 Å². The number of nitrogens with zero attached hydrogens (tertiary/aromatic N) is 2. The molecule has 1 amide bonds. The molecule has 0 aliphatic carbocycles. The molecule has 1 aliphatic heterocycles. The largest absolute Gasteiger partial charge is 0.494 e. The summed E-state index contributed by atoms with van der Waals surface area (Å²) < 4.78 is 18.5. The summed E-state index contributed by atoms with van der Waals surface area (Å²) in [6.45, 7) is 1.40. The van der Waals surface area contributed by atoms with Crippen molar-refractivity contribution in [1.82, 2.24) is 15.1 Å². The third kappa shape index (κ3) is 2.95. The number of likely N-dealkylation sites (tertiary alicyclic amines) is 1. The lowest BCUT2D eigenvalue weighted by Gasteiger charge is -2.16. The van der Waals surface area contributed by atoms with Gasteiger partial charge in [0.1, 0.15) is 0 Å². The number of amides is 1. The van der Waals surface area contributed by atoms with Crippen LogP contribution in [0.3, 0.4) is 0 Å². The molecule has 2 heterocycles. The Kier molecular flexibility index (Phi) is 4.09. The van der Waals surface area contributed by atoms with E-state index >= 15 is 0 Å². The number of aromatic amines is 1. The summed E-state index contributed by atoms with van der Waals surface area (Å²) in [5.74, 6) is 0.0758. The molecule has 1 aliphatic rings. The highest BCUT2D eigenvalue weighted by Gasteiger charge is 2.28. The van der Waals surface area contributed by atoms with Crippen molar-refractivity contribution in [3.8, 4) is 5.75 Å². The maximum atomic E-state index is 13.7. The Balaban J connectivity index is 1.62. The Morgan fingerprint density at radius 2 is 2.36 bits per heavy atom. The number of rotatable bonds is 4. The summed E-state index contributed by atoms with van der Waals surface area (Å²) in [7, 11) is 1.42. The molecule has 1 fully saturated rings. The van der Waals surface area contributed by atoms with E-state index in [9.17, 15) is 9.18 Å². The normalized spacial score (nSPS) is 17.7. The van der Waals surface area contributed by atoms with Crippen LogP contribution in [0.2, 0.25) is 0 Å². The van der Waals surface area contributed by atoms with Crippen molar-refractivity contribution in [3.63, 3.8) is 0 Å².